The van der Waals surface area contributed by atoms with Gasteiger partial charge in [0.05, 0.1) is 36.7 Å². The van der Waals surface area contributed by atoms with Crippen LogP contribution in [0.4, 0.5) is 11.4 Å². The van der Waals surface area contributed by atoms with Crippen molar-refractivity contribution < 1.29 is 19.1 Å². The Morgan fingerprint density at radius 3 is 2.03 bits per heavy atom. The van der Waals surface area contributed by atoms with E-state index < -0.39 is 11.8 Å². The van der Waals surface area contributed by atoms with Crippen LogP contribution in [0.5, 0.6) is 11.5 Å². The molecule has 0 aliphatic heterocycles. The fraction of sp³-hybridized carbons (Fsp3) is 0.136. The number of ether oxygens (including phenoxy) is 2. The lowest BCUT2D eigenvalue weighted by molar-refractivity contribution is 0.102. The number of pyridine rings is 1. The van der Waals surface area contributed by atoms with Crippen LogP contribution in [0.3, 0.4) is 0 Å². The smallest absolute Gasteiger partial charge is 0.257 e. The topological polar surface area (TPSA) is 89.5 Å². The summed E-state index contributed by atoms with van der Waals surface area (Å²) in [5.41, 5.74) is 2.55. The zero-order valence-corrected chi connectivity index (χ0v) is 16.4. The van der Waals surface area contributed by atoms with Crippen molar-refractivity contribution in [2.45, 2.75) is 6.92 Å². The van der Waals surface area contributed by atoms with E-state index in [9.17, 15) is 9.59 Å². The Morgan fingerprint density at radius 2 is 1.38 bits per heavy atom. The van der Waals surface area contributed by atoms with E-state index in [4.69, 9.17) is 9.47 Å². The molecule has 0 atom stereocenters. The van der Waals surface area contributed by atoms with Crippen LogP contribution in [0.1, 0.15) is 26.3 Å². The molecule has 2 aromatic carbocycles. The third kappa shape index (κ3) is 4.70. The molecule has 148 valence electrons. The summed E-state index contributed by atoms with van der Waals surface area (Å²) in [4.78, 5) is 29.3. The molecular formula is C22H21N3O4. The van der Waals surface area contributed by atoms with Gasteiger partial charge in [-0.05, 0) is 42.8 Å². The highest BCUT2D eigenvalue weighted by atomic mass is 16.5. The fourth-order valence-corrected chi connectivity index (χ4v) is 2.74. The van der Waals surface area contributed by atoms with Crippen molar-refractivity contribution in [3.05, 3.63) is 77.6 Å². The highest BCUT2D eigenvalue weighted by molar-refractivity contribution is 6.09. The molecule has 0 fully saturated rings. The Bertz CT molecular complexity index is 1050. The molecule has 2 amide bonds. The molecular weight excluding hydrogens is 370 g/mol. The second-order valence-electron chi connectivity index (χ2n) is 6.27. The molecule has 0 radical (unpaired) electrons. The van der Waals surface area contributed by atoms with E-state index in [1.54, 1.807) is 30.3 Å². The number of nitrogens with zero attached hydrogens (tertiary/aromatic N) is 1. The zero-order chi connectivity index (χ0) is 20.8. The van der Waals surface area contributed by atoms with Crippen LogP contribution in [-0.4, -0.2) is 31.0 Å². The van der Waals surface area contributed by atoms with Crippen molar-refractivity contribution in [3.8, 4) is 11.5 Å². The molecule has 3 aromatic rings. The molecule has 0 aliphatic carbocycles. The Morgan fingerprint density at radius 1 is 0.793 bits per heavy atom. The van der Waals surface area contributed by atoms with Gasteiger partial charge in [0.2, 0.25) is 0 Å². The summed E-state index contributed by atoms with van der Waals surface area (Å²) < 4.78 is 10.5. The van der Waals surface area contributed by atoms with Gasteiger partial charge in [0.1, 0.15) is 11.5 Å². The number of rotatable bonds is 6. The van der Waals surface area contributed by atoms with Crippen LogP contribution in [0.2, 0.25) is 0 Å². The molecule has 0 unspecified atom stereocenters. The number of carbonyl (C=O) groups excluding carboxylic acids is 2. The number of benzene rings is 2. The first-order valence-corrected chi connectivity index (χ1v) is 8.87. The van der Waals surface area contributed by atoms with Gasteiger partial charge in [-0.3, -0.25) is 14.6 Å². The number of methoxy groups -OCH3 is 2. The summed E-state index contributed by atoms with van der Waals surface area (Å²) >= 11 is 0. The first-order valence-electron chi connectivity index (χ1n) is 8.87. The molecule has 0 aliphatic rings. The van der Waals surface area contributed by atoms with Gasteiger partial charge in [-0.1, -0.05) is 18.2 Å². The maximum Gasteiger partial charge on any atom is 0.257 e. The number of para-hydroxylation sites is 2. The maximum absolute atomic E-state index is 12.7. The number of aryl methyl sites for hydroxylation is 1. The number of amides is 2. The van der Waals surface area contributed by atoms with Crippen molar-refractivity contribution in [1.29, 1.82) is 0 Å². The average molecular weight is 391 g/mol. The van der Waals surface area contributed by atoms with E-state index in [2.05, 4.69) is 15.6 Å². The number of carbonyl (C=O) groups is 2. The minimum absolute atomic E-state index is 0.250. The summed E-state index contributed by atoms with van der Waals surface area (Å²) in [6, 6.07) is 14.0. The highest BCUT2D eigenvalue weighted by Crippen LogP contribution is 2.26. The SMILES string of the molecule is COc1ccccc1NC(=O)c1cncc(C(=O)Nc2cc(C)ccc2OC)c1. The first-order chi connectivity index (χ1) is 14.0. The van der Waals surface area contributed by atoms with Gasteiger partial charge >= 0.3 is 0 Å². The van der Waals surface area contributed by atoms with Gasteiger partial charge in [-0.25, -0.2) is 0 Å². The molecule has 2 N–H and O–H groups in total. The summed E-state index contributed by atoms with van der Waals surface area (Å²) in [5.74, 6) is 0.286. The molecule has 29 heavy (non-hydrogen) atoms. The number of nitrogens with one attached hydrogen (secondary N) is 2. The van der Waals surface area contributed by atoms with Crippen LogP contribution in [0.25, 0.3) is 0 Å². The van der Waals surface area contributed by atoms with E-state index in [1.165, 1.54) is 32.7 Å². The fourth-order valence-electron chi connectivity index (χ4n) is 2.74. The molecule has 0 spiro atoms. The van der Waals surface area contributed by atoms with E-state index >= 15 is 0 Å². The van der Waals surface area contributed by atoms with Crippen LogP contribution >= 0.6 is 0 Å². The minimum Gasteiger partial charge on any atom is -0.495 e. The number of aromatic nitrogens is 1. The van der Waals surface area contributed by atoms with Gasteiger partial charge < -0.3 is 20.1 Å². The van der Waals surface area contributed by atoms with Crippen molar-refractivity contribution in [1.82, 2.24) is 4.98 Å². The normalized spacial score (nSPS) is 10.2. The van der Waals surface area contributed by atoms with E-state index in [1.807, 2.05) is 19.1 Å². The molecule has 7 heteroatoms. The van der Waals surface area contributed by atoms with Gasteiger partial charge in [0.15, 0.2) is 0 Å². The van der Waals surface area contributed by atoms with Crippen LogP contribution < -0.4 is 20.1 Å². The quantitative estimate of drug-likeness (QED) is 0.665. The number of hydrogen-bond acceptors (Lipinski definition) is 5. The lowest BCUT2D eigenvalue weighted by Crippen LogP contribution is -2.17. The van der Waals surface area contributed by atoms with Gasteiger partial charge in [-0.2, -0.15) is 0 Å². The van der Waals surface area contributed by atoms with Crippen molar-refractivity contribution in [2.24, 2.45) is 0 Å². The van der Waals surface area contributed by atoms with Crippen LogP contribution in [0, 0.1) is 6.92 Å². The Kier molecular flexibility index (Phi) is 6.09. The molecule has 0 saturated heterocycles. The maximum atomic E-state index is 12.7. The molecule has 0 bridgehead atoms. The average Bonchev–Trinajstić information content (AvgIpc) is 2.74. The van der Waals surface area contributed by atoms with Crippen molar-refractivity contribution in [2.75, 3.05) is 24.9 Å². The Hall–Kier alpha value is -3.87. The zero-order valence-electron chi connectivity index (χ0n) is 16.4. The summed E-state index contributed by atoms with van der Waals surface area (Å²) in [7, 11) is 3.06. The largest absolute Gasteiger partial charge is 0.495 e. The second kappa shape index (κ2) is 8.88. The predicted molar refractivity (Wildman–Crippen MR) is 111 cm³/mol. The molecule has 3 rings (SSSR count). The predicted octanol–water partition coefficient (Wildman–Crippen LogP) is 3.91. The van der Waals surface area contributed by atoms with Crippen molar-refractivity contribution >= 4 is 23.2 Å². The number of hydrogen-bond donors (Lipinski definition) is 2. The molecule has 1 heterocycles. The summed E-state index contributed by atoms with van der Waals surface area (Å²) in [5, 5.41) is 5.56. The van der Waals surface area contributed by atoms with Gasteiger partial charge in [0.25, 0.3) is 11.8 Å². The second-order valence-corrected chi connectivity index (χ2v) is 6.27. The van der Waals surface area contributed by atoms with Crippen molar-refractivity contribution in [3.63, 3.8) is 0 Å². The monoisotopic (exact) mass is 391 g/mol. The van der Waals surface area contributed by atoms with E-state index in [0.717, 1.165) is 5.56 Å². The van der Waals surface area contributed by atoms with E-state index in [0.29, 0.717) is 22.9 Å². The third-order valence-corrected chi connectivity index (χ3v) is 4.22. The van der Waals surface area contributed by atoms with Crippen LogP contribution in [-0.2, 0) is 0 Å². The lowest BCUT2D eigenvalue weighted by Gasteiger charge is -2.12. The van der Waals surface area contributed by atoms with Crippen LogP contribution in [0.15, 0.2) is 60.9 Å². The Balaban J connectivity index is 1.79. The highest BCUT2D eigenvalue weighted by Gasteiger charge is 2.15. The van der Waals surface area contributed by atoms with Gasteiger partial charge in [-0.15, -0.1) is 0 Å². The molecule has 7 nitrogen and oxygen atoms in total. The molecule has 1 aromatic heterocycles. The number of anilines is 2. The standard InChI is InChI=1S/C22H21N3O4/c1-14-8-9-20(29-3)18(10-14)25-22(27)16-11-15(12-23-13-16)21(26)24-17-6-4-5-7-19(17)28-2/h4-13H,1-3H3,(H,24,26)(H,25,27). The Labute approximate surface area is 168 Å². The van der Waals surface area contributed by atoms with Gasteiger partial charge in [0, 0.05) is 12.4 Å². The minimum atomic E-state index is -0.398. The summed E-state index contributed by atoms with van der Waals surface area (Å²) in [6.45, 7) is 1.92. The third-order valence-electron chi connectivity index (χ3n) is 4.22. The first kappa shape index (κ1) is 19.9. The molecule has 0 saturated carbocycles. The lowest BCUT2D eigenvalue weighted by atomic mass is 10.1. The van der Waals surface area contributed by atoms with E-state index in [-0.39, 0.29) is 11.1 Å². The summed E-state index contributed by atoms with van der Waals surface area (Å²) in [6.07, 6.45) is 2.80.